The summed E-state index contributed by atoms with van der Waals surface area (Å²) in [6, 6.07) is 2.03. The van der Waals surface area contributed by atoms with Crippen LogP contribution in [0.1, 0.15) is 19.8 Å². The van der Waals surface area contributed by atoms with Crippen molar-refractivity contribution in [3.05, 3.63) is 35.6 Å². The predicted molar refractivity (Wildman–Crippen MR) is 103 cm³/mol. The number of likely N-dealkylation sites (tertiary alicyclic amines) is 1. The van der Waals surface area contributed by atoms with Gasteiger partial charge in [-0.25, -0.2) is 0 Å². The summed E-state index contributed by atoms with van der Waals surface area (Å²) in [6.45, 7) is 2.98. The number of nitriles is 1. The lowest BCUT2D eigenvalue weighted by atomic mass is 9.89. The molecule has 1 fully saturated rings. The van der Waals surface area contributed by atoms with Gasteiger partial charge in [0.15, 0.2) is 0 Å². The number of halogens is 3. The van der Waals surface area contributed by atoms with Crippen molar-refractivity contribution in [1.82, 2.24) is 15.5 Å². The van der Waals surface area contributed by atoms with E-state index >= 15 is 0 Å². The molecule has 1 amide bonds. The summed E-state index contributed by atoms with van der Waals surface area (Å²) < 4.78 is 38.3. The summed E-state index contributed by atoms with van der Waals surface area (Å²) >= 11 is 0. The van der Waals surface area contributed by atoms with E-state index in [0.717, 1.165) is 18.7 Å². The van der Waals surface area contributed by atoms with Crippen LogP contribution in [0.15, 0.2) is 35.6 Å². The first-order valence-electron chi connectivity index (χ1n) is 9.13. The minimum absolute atomic E-state index is 0.00827. The molecule has 2 unspecified atom stereocenters. The molecule has 7 nitrogen and oxygen atoms in total. The number of alkyl halides is 3. The maximum atomic E-state index is 12.8. The summed E-state index contributed by atoms with van der Waals surface area (Å²) in [7, 11) is 1.92. The van der Waals surface area contributed by atoms with Gasteiger partial charge in [0.2, 0.25) is 0 Å². The molecule has 1 aliphatic heterocycles. The van der Waals surface area contributed by atoms with Crippen LogP contribution in [0.2, 0.25) is 0 Å². The Kier molecular flexibility index (Phi) is 6.74. The van der Waals surface area contributed by atoms with E-state index in [4.69, 9.17) is 11.1 Å². The molecule has 158 valence electrons. The number of hydrogen-bond donors (Lipinski definition) is 4. The molecule has 1 aliphatic carbocycles. The highest BCUT2D eigenvalue weighted by Gasteiger charge is 2.36. The van der Waals surface area contributed by atoms with Gasteiger partial charge in [-0.3, -0.25) is 10.2 Å². The van der Waals surface area contributed by atoms with E-state index in [2.05, 4.69) is 16.7 Å². The molecular weight excluding hydrogens is 385 g/mol. The van der Waals surface area contributed by atoms with E-state index in [1.165, 1.54) is 12.3 Å². The van der Waals surface area contributed by atoms with Crippen molar-refractivity contribution in [2.24, 2.45) is 11.7 Å². The molecule has 0 aromatic carbocycles. The summed E-state index contributed by atoms with van der Waals surface area (Å²) in [6.07, 6.45) is 0.867. The number of piperidine rings is 1. The van der Waals surface area contributed by atoms with Crippen LogP contribution in [0, 0.1) is 22.7 Å². The molecule has 10 heteroatoms. The smallest absolute Gasteiger partial charge is 0.386 e. The zero-order valence-corrected chi connectivity index (χ0v) is 16.3. The Balaban J connectivity index is 2.08. The Bertz CT molecular complexity index is 795. The highest BCUT2D eigenvalue weighted by Crippen LogP contribution is 2.32. The van der Waals surface area contributed by atoms with Crippen LogP contribution in [-0.2, 0) is 4.79 Å². The molecule has 0 radical (unpaired) electrons. The van der Waals surface area contributed by atoms with Crippen molar-refractivity contribution >= 4 is 11.7 Å². The van der Waals surface area contributed by atoms with Crippen molar-refractivity contribution in [2.75, 3.05) is 20.1 Å². The maximum absolute atomic E-state index is 12.8. The molecule has 3 atom stereocenters. The van der Waals surface area contributed by atoms with E-state index in [9.17, 15) is 23.2 Å². The lowest BCUT2D eigenvalue weighted by Gasteiger charge is -2.33. The van der Waals surface area contributed by atoms with E-state index in [1.807, 2.05) is 11.9 Å². The zero-order valence-electron chi connectivity index (χ0n) is 16.3. The van der Waals surface area contributed by atoms with Crippen molar-refractivity contribution in [2.45, 2.75) is 37.5 Å². The molecule has 0 aromatic rings. The fraction of sp³-hybridized carbons (Fsp3) is 0.526. The van der Waals surface area contributed by atoms with Gasteiger partial charge in [-0.1, -0.05) is 18.2 Å². The molecule has 29 heavy (non-hydrogen) atoms. The topological polar surface area (TPSA) is 118 Å². The summed E-state index contributed by atoms with van der Waals surface area (Å²) in [4.78, 5) is 13.9. The molecule has 2 aliphatic rings. The second-order valence-corrected chi connectivity index (χ2v) is 7.59. The third-order valence-electron chi connectivity index (χ3n) is 5.07. The van der Waals surface area contributed by atoms with Crippen LogP contribution < -0.4 is 16.4 Å². The lowest BCUT2D eigenvalue weighted by Crippen LogP contribution is -2.48. The molecule has 0 bridgehead atoms. The minimum Gasteiger partial charge on any atom is -0.386 e. The van der Waals surface area contributed by atoms with Crippen molar-refractivity contribution in [1.29, 1.82) is 10.7 Å². The molecule has 1 heterocycles. The Morgan fingerprint density at radius 2 is 2.21 bits per heavy atom. The van der Waals surface area contributed by atoms with Crippen molar-refractivity contribution in [3.8, 4) is 6.07 Å². The van der Waals surface area contributed by atoms with E-state index in [-0.39, 0.29) is 29.8 Å². The monoisotopic (exact) mass is 410 g/mol. The van der Waals surface area contributed by atoms with Crippen LogP contribution in [0.5, 0.6) is 0 Å². The summed E-state index contributed by atoms with van der Waals surface area (Å²) in [5.74, 6) is -1.44. The van der Waals surface area contributed by atoms with Crippen molar-refractivity contribution in [3.63, 3.8) is 0 Å². The number of amidine groups is 1. The van der Waals surface area contributed by atoms with Gasteiger partial charge >= 0.3 is 6.18 Å². The quantitative estimate of drug-likeness (QED) is 0.312. The van der Waals surface area contributed by atoms with Crippen LogP contribution in [0.3, 0.4) is 0 Å². The number of rotatable bonds is 5. The third kappa shape index (κ3) is 5.84. The highest BCUT2D eigenvalue weighted by atomic mass is 19.4. The number of hydrogen-bond acceptors (Lipinski definition) is 5. The van der Waals surface area contributed by atoms with Gasteiger partial charge in [-0.15, -0.1) is 0 Å². The van der Waals surface area contributed by atoms with E-state index < -0.39 is 23.2 Å². The van der Waals surface area contributed by atoms with Crippen LogP contribution in [0.25, 0.3) is 0 Å². The van der Waals surface area contributed by atoms with Gasteiger partial charge in [-0.2, -0.15) is 18.4 Å². The van der Waals surface area contributed by atoms with E-state index in [1.54, 1.807) is 6.92 Å². The van der Waals surface area contributed by atoms with Gasteiger partial charge < -0.3 is 21.3 Å². The zero-order chi connectivity index (χ0) is 21.8. The number of allylic oxidation sites excluding steroid dienone is 2. The van der Waals surface area contributed by atoms with Crippen molar-refractivity contribution < 1.29 is 18.0 Å². The largest absolute Gasteiger partial charge is 0.416 e. The average molecular weight is 410 g/mol. The van der Waals surface area contributed by atoms with E-state index in [0.29, 0.717) is 13.0 Å². The first-order valence-corrected chi connectivity index (χ1v) is 9.13. The number of amides is 1. The number of nitrogens with one attached hydrogen (secondary N) is 3. The van der Waals surface area contributed by atoms with Gasteiger partial charge in [0.05, 0.1) is 28.7 Å². The van der Waals surface area contributed by atoms with Gasteiger partial charge in [0.25, 0.3) is 5.91 Å². The SMILES string of the molecule is CN1CC[C@H](N/C=C(\C(=N)NC2(C)C=CC(C(F)(F)F)=CC2)C(N)=O)C(C#N)C1. The van der Waals surface area contributed by atoms with Crippen LogP contribution in [-0.4, -0.2) is 54.5 Å². The standard InChI is InChI=1S/C19H25F3N6O/c1-18(6-3-13(4-7-18)19(20,21)22)27-16(24)14(17(25)29)10-26-15-5-8-28(2)11-12(15)9-23/h3-4,6,10,12,15,26H,5,7-8,11H2,1-2H3,(H2,24,27)(H2,25,29)/b14-10+/t12?,15-,18?/m0/s1. The first kappa shape index (κ1) is 22.5. The minimum atomic E-state index is -4.43. The van der Waals surface area contributed by atoms with Gasteiger partial charge in [0.1, 0.15) is 5.84 Å². The average Bonchev–Trinajstić information content (AvgIpc) is 2.61. The Morgan fingerprint density at radius 1 is 1.52 bits per heavy atom. The number of carbonyl (C=O) groups is 1. The number of nitrogens with two attached hydrogens (primary N) is 1. The number of nitrogens with zero attached hydrogens (tertiary/aromatic N) is 2. The molecule has 5 N–H and O–H groups in total. The second-order valence-electron chi connectivity index (χ2n) is 7.59. The Labute approximate surface area is 167 Å². The van der Waals surface area contributed by atoms with Gasteiger partial charge in [-0.05, 0) is 33.4 Å². The fourth-order valence-corrected chi connectivity index (χ4v) is 3.29. The first-order chi connectivity index (χ1) is 13.4. The molecule has 0 spiro atoms. The normalized spacial score (nSPS) is 28.3. The maximum Gasteiger partial charge on any atom is 0.416 e. The Morgan fingerprint density at radius 3 is 2.72 bits per heavy atom. The summed E-state index contributed by atoms with van der Waals surface area (Å²) in [5, 5.41) is 23.3. The molecule has 0 saturated carbocycles. The van der Waals surface area contributed by atoms with Crippen LogP contribution >= 0.6 is 0 Å². The Hall–Kier alpha value is -2.80. The van der Waals surface area contributed by atoms with Crippen LogP contribution in [0.4, 0.5) is 13.2 Å². The second kappa shape index (κ2) is 8.69. The lowest BCUT2D eigenvalue weighted by molar-refractivity contribution is -0.114. The molecule has 2 rings (SSSR count). The third-order valence-corrected chi connectivity index (χ3v) is 5.07. The molecule has 1 saturated heterocycles. The highest BCUT2D eigenvalue weighted by molar-refractivity contribution is 6.19. The predicted octanol–water partition coefficient (Wildman–Crippen LogP) is 1.56. The molecule has 0 aromatic heterocycles. The molecular formula is C19H25F3N6O. The summed E-state index contributed by atoms with van der Waals surface area (Å²) in [5.41, 5.74) is 3.53. The van der Waals surface area contributed by atoms with Gasteiger partial charge in [0, 0.05) is 18.8 Å². The number of primary amides is 1. The number of carbonyl (C=O) groups excluding carboxylic acids is 1. The fourth-order valence-electron chi connectivity index (χ4n) is 3.29.